The summed E-state index contributed by atoms with van der Waals surface area (Å²) in [7, 11) is 1.57. The van der Waals surface area contributed by atoms with E-state index in [1.165, 1.54) is 17.9 Å². The van der Waals surface area contributed by atoms with Gasteiger partial charge in [-0.25, -0.2) is 9.67 Å². The van der Waals surface area contributed by atoms with Crippen molar-refractivity contribution >= 4 is 5.97 Å². The summed E-state index contributed by atoms with van der Waals surface area (Å²) in [6, 6.07) is 9.38. The highest BCUT2D eigenvalue weighted by atomic mass is 16.6. The number of nitrogens with zero attached hydrogens (tertiary/aromatic N) is 3. The minimum absolute atomic E-state index is 0.314. The van der Waals surface area contributed by atoms with Crippen LogP contribution in [-0.4, -0.2) is 27.8 Å². The molecule has 0 aliphatic heterocycles. The van der Waals surface area contributed by atoms with E-state index in [2.05, 4.69) is 10.1 Å². The number of carbonyl (C=O) groups is 1. The highest BCUT2D eigenvalue weighted by molar-refractivity contribution is 5.66. The number of carbonyl (C=O) groups excluding carboxylic acids is 1. The molecule has 2 rings (SSSR count). The Kier molecular flexibility index (Phi) is 4.25. The molecule has 2 aromatic rings. The smallest absolute Gasteiger partial charge is 0.304 e. The highest BCUT2D eigenvalue weighted by Gasteiger charge is 2.18. The molecule has 0 saturated carbocycles. The van der Waals surface area contributed by atoms with E-state index < -0.39 is 6.23 Å². The van der Waals surface area contributed by atoms with Gasteiger partial charge in [0.15, 0.2) is 5.82 Å². The van der Waals surface area contributed by atoms with Gasteiger partial charge in [-0.15, -0.1) is 0 Å². The second-order valence-electron chi connectivity index (χ2n) is 3.95. The number of methoxy groups -OCH3 is 1. The zero-order valence-corrected chi connectivity index (χ0v) is 10.8. The maximum Gasteiger partial charge on any atom is 0.304 e. The van der Waals surface area contributed by atoms with Gasteiger partial charge in [-0.1, -0.05) is 30.3 Å². The Balaban J connectivity index is 2.29. The first kappa shape index (κ1) is 13.2. The molecule has 6 heteroatoms. The molecule has 0 spiro atoms. The minimum Gasteiger partial charge on any atom is -0.435 e. The summed E-state index contributed by atoms with van der Waals surface area (Å²) < 4.78 is 11.8. The number of ether oxygens (including phenoxy) is 2. The van der Waals surface area contributed by atoms with Crippen molar-refractivity contribution in [2.75, 3.05) is 7.11 Å². The van der Waals surface area contributed by atoms with Gasteiger partial charge in [0, 0.05) is 19.6 Å². The second kappa shape index (κ2) is 6.10. The summed E-state index contributed by atoms with van der Waals surface area (Å²) >= 11 is 0. The zero-order valence-electron chi connectivity index (χ0n) is 10.8. The van der Waals surface area contributed by atoms with Crippen LogP contribution in [-0.2, 0) is 20.9 Å². The summed E-state index contributed by atoms with van der Waals surface area (Å²) in [5.41, 5.74) is 0.826. The molecular weight excluding hydrogens is 246 g/mol. The van der Waals surface area contributed by atoms with Crippen LogP contribution in [0.1, 0.15) is 24.5 Å². The number of aromatic nitrogens is 3. The van der Waals surface area contributed by atoms with Crippen molar-refractivity contribution < 1.29 is 14.3 Å². The van der Waals surface area contributed by atoms with E-state index in [0.29, 0.717) is 12.4 Å². The molecule has 0 N–H and O–H groups in total. The van der Waals surface area contributed by atoms with Crippen molar-refractivity contribution in [2.24, 2.45) is 0 Å². The normalized spacial score (nSPS) is 12.1. The molecule has 0 aliphatic rings. The van der Waals surface area contributed by atoms with E-state index in [1.807, 2.05) is 30.3 Å². The first-order valence-corrected chi connectivity index (χ1v) is 5.82. The third-order valence-corrected chi connectivity index (χ3v) is 2.43. The Bertz CT molecular complexity index is 539. The van der Waals surface area contributed by atoms with E-state index in [4.69, 9.17) is 9.47 Å². The van der Waals surface area contributed by atoms with Crippen LogP contribution in [0.5, 0.6) is 0 Å². The molecule has 1 unspecified atom stereocenters. The van der Waals surface area contributed by atoms with Gasteiger partial charge < -0.3 is 9.47 Å². The molecule has 19 heavy (non-hydrogen) atoms. The van der Waals surface area contributed by atoms with E-state index in [9.17, 15) is 4.79 Å². The van der Waals surface area contributed by atoms with E-state index >= 15 is 0 Å². The molecular formula is C13H15N3O3. The van der Waals surface area contributed by atoms with E-state index in [-0.39, 0.29) is 5.97 Å². The molecule has 0 amide bonds. The van der Waals surface area contributed by atoms with Gasteiger partial charge in [0.05, 0.1) is 0 Å². The number of hydrogen-bond acceptors (Lipinski definition) is 5. The Morgan fingerprint density at radius 2 is 2.11 bits per heavy atom. The van der Waals surface area contributed by atoms with Crippen LogP contribution in [0, 0.1) is 0 Å². The average Bonchev–Trinajstić information content (AvgIpc) is 2.86. The minimum atomic E-state index is -0.614. The lowest BCUT2D eigenvalue weighted by atomic mass is 10.2. The Labute approximate surface area is 111 Å². The molecule has 0 bridgehead atoms. The quantitative estimate of drug-likeness (QED) is 0.764. The fraction of sp³-hybridized carbons (Fsp3) is 0.308. The molecule has 6 nitrogen and oxygen atoms in total. The highest BCUT2D eigenvalue weighted by Crippen LogP contribution is 2.18. The standard InChI is InChI=1S/C13H15N3O3/c1-10(17)19-13(11-6-4-3-5-7-11)16-9-14-12(15-16)8-18-2/h3-7,9,13H,8H2,1-2H3. The van der Waals surface area contributed by atoms with E-state index in [0.717, 1.165) is 5.56 Å². The lowest BCUT2D eigenvalue weighted by Gasteiger charge is -2.17. The van der Waals surface area contributed by atoms with Gasteiger partial charge in [0.25, 0.3) is 0 Å². The monoisotopic (exact) mass is 261 g/mol. The van der Waals surface area contributed by atoms with Crippen LogP contribution in [0.15, 0.2) is 36.7 Å². The van der Waals surface area contributed by atoms with Crippen molar-refractivity contribution in [1.82, 2.24) is 14.8 Å². The van der Waals surface area contributed by atoms with Crippen LogP contribution in [0.2, 0.25) is 0 Å². The van der Waals surface area contributed by atoms with Gasteiger partial charge in [-0.3, -0.25) is 4.79 Å². The molecule has 0 radical (unpaired) electrons. The van der Waals surface area contributed by atoms with Gasteiger partial charge in [-0.05, 0) is 0 Å². The van der Waals surface area contributed by atoms with Crippen LogP contribution in [0.3, 0.4) is 0 Å². The van der Waals surface area contributed by atoms with Crippen LogP contribution in [0.4, 0.5) is 0 Å². The molecule has 100 valence electrons. The number of rotatable bonds is 5. The fourth-order valence-corrected chi connectivity index (χ4v) is 1.67. The number of hydrogen-bond donors (Lipinski definition) is 0. The van der Waals surface area contributed by atoms with Crippen LogP contribution >= 0.6 is 0 Å². The third-order valence-electron chi connectivity index (χ3n) is 2.43. The lowest BCUT2D eigenvalue weighted by Crippen LogP contribution is -2.18. The Morgan fingerprint density at radius 3 is 2.74 bits per heavy atom. The fourth-order valence-electron chi connectivity index (χ4n) is 1.67. The van der Waals surface area contributed by atoms with Gasteiger partial charge in [-0.2, -0.15) is 5.10 Å². The summed E-state index contributed by atoms with van der Waals surface area (Å²) in [6.45, 7) is 1.68. The molecule has 0 fully saturated rings. The molecule has 0 saturated heterocycles. The van der Waals surface area contributed by atoms with Crippen LogP contribution < -0.4 is 0 Å². The van der Waals surface area contributed by atoms with Gasteiger partial charge in [0.1, 0.15) is 12.9 Å². The van der Waals surface area contributed by atoms with Crippen LogP contribution in [0.25, 0.3) is 0 Å². The summed E-state index contributed by atoms with van der Waals surface area (Å²) in [6.07, 6.45) is 0.909. The zero-order chi connectivity index (χ0) is 13.7. The lowest BCUT2D eigenvalue weighted by molar-refractivity contribution is -0.148. The molecule has 1 aromatic carbocycles. The topological polar surface area (TPSA) is 66.2 Å². The van der Waals surface area contributed by atoms with Crippen molar-refractivity contribution in [1.29, 1.82) is 0 Å². The van der Waals surface area contributed by atoms with Crippen molar-refractivity contribution in [3.8, 4) is 0 Å². The van der Waals surface area contributed by atoms with E-state index in [1.54, 1.807) is 7.11 Å². The predicted molar refractivity (Wildman–Crippen MR) is 67.1 cm³/mol. The Hall–Kier alpha value is -2.21. The second-order valence-corrected chi connectivity index (χ2v) is 3.95. The van der Waals surface area contributed by atoms with Crippen molar-refractivity contribution in [3.63, 3.8) is 0 Å². The average molecular weight is 261 g/mol. The molecule has 1 aromatic heterocycles. The molecule has 1 heterocycles. The molecule has 0 aliphatic carbocycles. The first-order valence-electron chi connectivity index (χ1n) is 5.82. The largest absolute Gasteiger partial charge is 0.435 e. The number of benzene rings is 1. The maximum atomic E-state index is 11.2. The first-order chi connectivity index (χ1) is 9.20. The molecule has 1 atom stereocenters. The van der Waals surface area contributed by atoms with Crippen molar-refractivity contribution in [2.45, 2.75) is 19.8 Å². The summed E-state index contributed by atoms with van der Waals surface area (Å²) in [4.78, 5) is 15.3. The Morgan fingerprint density at radius 1 is 1.37 bits per heavy atom. The SMILES string of the molecule is COCc1ncn(C(OC(C)=O)c2ccccc2)n1. The third kappa shape index (κ3) is 3.38. The maximum absolute atomic E-state index is 11.2. The van der Waals surface area contributed by atoms with Crippen molar-refractivity contribution in [3.05, 3.63) is 48.0 Å². The predicted octanol–water partition coefficient (Wildman–Crippen LogP) is 1.53. The van der Waals surface area contributed by atoms with Gasteiger partial charge in [0.2, 0.25) is 6.23 Å². The summed E-state index contributed by atoms with van der Waals surface area (Å²) in [5, 5.41) is 4.23. The summed E-state index contributed by atoms with van der Waals surface area (Å²) in [5.74, 6) is 0.160. The van der Waals surface area contributed by atoms with Gasteiger partial charge >= 0.3 is 5.97 Å². The number of esters is 1.